The Morgan fingerprint density at radius 1 is 0.978 bits per heavy atom. The maximum Gasteiger partial charge on any atom is 0.469 e. The van der Waals surface area contributed by atoms with E-state index in [1.807, 2.05) is 20.8 Å². The van der Waals surface area contributed by atoms with Crippen LogP contribution in [0.5, 0.6) is 0 Å². The fraction of sp³-hybridized carbons (Fsp3) is 0.630. The number of phosphoric ester groups is 1. The van der Waals surface area contributed by atoms with Crippen LogP contribution in [0.4, 0.5) is 0 Å². The highest BCUT2D eigenvalue weighted by Gasteiger charge is 2.35. The number of hydrogen-bond acceptors (Lipinski definition) is 9. The fourth-order valence-corrected chi connectivity index (χ4v) is 4.65. The molecule has 1 unspecified atom stereocenters. The number of aromatic nitrogens is 2. The number of carbonyl (C=O) groups is 5. The van der Waals surface area contributed by atoms with Gasteiger partial charge >= 0.3 is 7.82 Å². The number of aliphatic hydroxyl groups is 1. The van der Waals surface area contributed by atoms with Gasteiger partial charge in [-0.2, -0.15) is 0 Å². The Labute approximate surface area is 262 Å². The molecule has 0 bridgehead atoms. The molecule has 1 aromatic heterocycles. The number of carbonyl (C=O) groups excluding carboxylic acids is 5. The number of nitrogens with zero attached hydrogens (tertiary/aromatic N) is 1. The van der Waals surface area contributed by atoms with Crippen LogP contribution < -0.4 is 26.6 Å². The minimum atomic E-state index is -5.04. The topological polar surface area (TPSA) is 261 Å². The summed E-state index contributed by atoms with van der Waals surface area (Å²) in [5, 5.41) is 22.0. The van der Waals surface area contributed by atoms with E-state index in [2.05, 4.69) is 47.7 Å². The first kappa shape index (κ1) is 39.4. The first-order valence-corrected chi connectivity index (χ1v) is 15.9. The average molecular weight is 660 g/mol. The van der Waals surface area contributed by atoms with Crippen LogP contribution in [0, 0.1) is 11.8 Å². The second kappa shape index (κ2) is 19.0. The number of aliphatic hydroxyl groups excluding tert-OH is 1. The lowest BCUT2D eigenvalue weighted by molar-refractivity contribution is -0.136. The summed E-state index contributed by atoms with van der Waals surface area (Å²) in [6.45, 7) is 9.53. The largest absolute Gasteiger partial charge is 0.469 e. The van der Waals surface area contributed by atoms with Gasteiger partial charge in [-0.05, 0) is 31.6 Å². The molecule has 6 atom stereocenters. The zero-order valence-corrected chi connectivity index (χ0v) is 27.0. The summed E-state index contributed by atoms with van der Waals surface area (Å²) in [7, 11) is -3.82. The molecule has 0 saturated heterocycles. The number of allylic oxidation sites excluding steroid dienone is 1. The zero-order valence-electron chi connectivity index (χ0n) is 26.1. The van der Waals surface area contributed by atoms with Crippen LogP contribution in [0.3, 0.4) is 0 Å². The van der Waals surface area contributed by atoms with Gasteiger partial charge in [-0.1, -0.05) is 26.8 Å². The van der Waals surface area contributed by atoms with Gasteiger partial charge < -0.3 is 46.5 Å². The predicted octanol–water partition coefficient (Wildman–Crippen LogP) is -1.22. The number of imidazole rings is 1. The number of rotatable bonds is 20. The monoisotopic (exact) mass is 659 g/mol. The SMILES string of the molecule is C=CC(C)CCC(=O)N[C@@H](CC(C)C)C(=O)N[C@@H](Cc1cnc[nH]1)C(=O)N[C@@H](CO)C(=O)N[C@H](C(=O)NC)[C@@H](C)OP(=O)(O)O. The second-order valence-electron chi connectivity index (χ2n) is 11.0. The van der Waals surface area contributed by atoms with Gasteiger partial charge in [0, 0.05) is 31.8 Å². The second-order valence-corrected chi connectivity index (χ2v) is 12.2. The smallest absolute Gasteiger partial charge is 0.394 e. The van der Waals surface area contributed by atoms with E-state index in [-0.39, 0.29) is 37.0 Å². The van der Waals surface area contributed by atoms with Gasteiger partial charge in [-0.25, -0.2) is 9.55 Å². The van der Waals surface area contributed by atoms with Crippen LogP contribution in [-0.2, 0) is 39.5 Å². The number of H-pyrrole nitrogens is 1. The molecule has 0 aliphatic rings. The van der Waals surface area contributed by atoms with Crippen LogP contribution in [0.25, 0.3) is 0 Å². The first-order chi connectivity index (χ1) is 21.0. The van der Waals surface area contributed by atoms with E-state index in [1.54, 1.807) is 6.08 Å². The van der Waals surface area contributed by atoms with Crippen LogP contribution in [0.15, 0.2) is 25.2 Å². The van der Waals surface area contributed by atoms with Crippen LogP contribution in [-0.4, -0.2) is 98.3 Å². The van der Waals surface area contributed by atoms with E-state index in [0.29, 0.717) is 12.1 Å². The molecule has 5 amide bonds. The van der Waals surface area contributed by atoms with Crippen LogP contribution in [0.2, 0.25) is 0 Å². The van der Waals surface area contributed by atoms with Crippen molar-refractivity contribution in [1.29, 1.82) is 0 Å². The molecule has 1 aromatic rings. The molecule has 0 radical (unpaired) electrons. The highest BCUT2D eigenvalue weighted by Crippen LogP contribution is 2.38. The Morgan fingerprint density at radius 2 is 1.58 bits per heavy atom. The van der Waals surface area contributed by atoms with Crippen molar-refractivity contribution in [2.45, 2.75) is 83.6 Å². The van der Waals surface area contributed by atoms with Crippen molar-refractivity contribution >= 4 is 37.4 Å². The van der Waals surface area contributed by atoms with Crippen molar-refractivity contribution in [3.8, 4) is 0 Å². The summed E-state index contributed by atoms with van der Waals surface area (Å²) in [4.78, 5) is 89.6. The Morgan fingerprint density at radius 3 is 2.09 bits per heavy atom. The van der Waals surface area contributed by atoms with Crippen molar-refractivity contribution in [2.75, 3.05) is 13.7 Å². The van der Waals surface area contributed by atoms with Crippen LogP contribution >= 0.6 is 7.82 Å². The molecule has 0 aliphatic carbocycles. The summed E-state index contributed by atoms with van der Waals surface area (Å²) in [6, 6.07) is -5.55. The predicted molar refractivity (Wildman–Crippen MR) is 162 cm³/mol. The third kappa shape index (κ3) is 14.8. The van der Waals surface area contributed by atoms with Gasteiger partial charge in [0.15, 0.2) is 0 Å². The van der Waals surface area contributed by atoms with Crippen molar-refractivity contribution in [2.24, 2.45) is 11.8 Å². The molecule has 0 aromatic carbocycles. The number of hydrogen-bond donors (Lipinski definition) is 9. The Hall–Kier alpha value is -3.63. The molecule has 1 rings (SSSR count). The molecule has 0 saturated carbocycles. The quantitative estimate of drug-likeness (QED) is 0.0592. The van der Waals surface area contributed by atoms with Gasteiger partial charge in [0.2, 0.25) is 29.5 Å². The standard InChI is InChI=1S/C27H46N7O10P/c1-7-16(4)8-9-22(36)31-19(10-15(2)3)24(37)32-20(11-18-12-29-14-30-18)25(38)33-21(13-35)26(39)34-23(27(40)28-6)17(5)44-45(41,42)43/h7,12,14-17,19-21,23,35H,1,8-11,13H2,2-6H3,(H,28,40)(H,29,30)(H,31,36)(H,32,37)(H,33,38)(H,34,39)(H2,41,42,43)/t16?,17-,19+,20+,21+,23+/m1/s1. The van der Waals surface area contributed by atoms with E-state index in [0.717, 1.165) is 6.92 Å². The van der Waals surface area contributed by atoms with E-state index >= 15 is 0 Å². The highest BCUT2D eigenvalue weighted by atomic mass is 31.2. The molecule has 45 heavy (non-hydrogen) atoms. The summed E-state index contributed by atoms with van der Waals surface area (Å²) < 4.78 is 15.8. The average Bonchev–Trinajstić information content (AvgIpc) is 3.47. The molecule has 0 aliphatic heterocycles. The summed E-state index contributed by atoms with van der Waals surface area (Å²) in [5.74, 6) is -3.74. The van der Waals surface area contributed by atoms with E-state index in [4.69, 9.17) is 9.79 Å². The van der Waals surface area contributed by atoms with Crippen LogP contribution in [0.1, 0.15) is 52.7 Å². The summed E-state index contributed by atoms with van der Waals surface area (Å²) >= 11 is 0. The third-order valence-corrected chi connectivity index (χ3v) is 7.22. The number of nitrogens with one attached hydrogen (secondary N) is 6. The van der Waals surface area contributed by atoms with Crippen molar-refractivity contribution in [1.82, 2.24) is 36.6 Å². The first-order valence-electron chi connectivity index (χ1n) is 14.4. The minimum absolute atomic E-state index is 0.000656. The summed E-state index contributed by atoms with van der Waals surface area (Å²) in [5.41, 5.74) is 0.450. The fourth-order valence-electron chi connectivity index (χ4n) is 4.09. The van der Waals surface area contributed by atoms with E-state index in [1.165, 1.54) is 19.6 Å². The van der Waals surface area contributed by atoms with Gasteiger partial charge in [-0.15, -0.1) is 6.58 Å². The van der Waals surface area contributed by atoms with Crippen molar-refractivity contribution in [3.63, 3.8) is 0 Å². The molecular weight excluding hydrogens is 613 g/mol. The molecule has 254 valence electrons. The number of aromatic amines is 1. The minimum Gasteiger partial charge on any atom is -0.394 e. The lowest BCUT2D eigenvalue weighted by Gasteiger charge is -2.27. The molecular formula is C27H46N7O10P. The Kier molecular flexibility index (Phi) is 16.6. The molecule has 0 fully saturated rings. The molecule has 1 heterocycles. The molecule has 9 N–H and O–H groups in total. The lowest BCUT2D eigenvalue weighted by Crippen LogP contribution is -2.60. The Bertz CT molecular complexity index is 1190. The number of phosphoric acid groups is 1. The van der Waals surface area contributed by atoms with Gasteiger partial charge in [0.1, 0.15) is 24.2 Å². The van der Waals surface area contributed by atoms with Crippen molar-refractivity contribution in [3.05, 3.63) is 30.9 Å². The normalized spacial score (nSPS) is 15.5. The van der Waals surface area contributed by atoms with E-state index in [9.17, 15) is 33.6 Å². The highest BCUT2D eigenvalue weighted by molar-refractivity contribution is 7.46. The third-order valence-electron chi connectivity index (χ3n) is 6.61. The molecule has 18 heteroatoms. The maximum atomic E-state index is 13.4. The van der Waals surface area contributed by atoms with Gasteiger partial charge in [0.25, 0.3) is 0 Å². The lowest BCUT2D eigenvalue weighted by atomic mass is 10.0. The Balaban J connectivity index is 3.14. The molecule has 17 nitrogen and oxygen atoms in total. The zero-order chi connectivity index (χ0) is 34.3. The van der Waals surface area contributed by atoms with Gasteiger partial charge in [-0.3, -0.25) is 28.5 Å². The van der Waals surface area contributed by atoms with E-state index < -0.39 is 68.3 Å². The summed E-state index contributed by atoms with van der Waals surface area (Å²) in [6.07, 6.45) is 3.86. The van der Waals surface area contributed by atoms with Gasteiger partial charge in [0.05, 0.1) is 19.0 Å². The molecule has 0 spiro atoms. The van der Waals surface area contributed by atoms with Crippen molar-refractivity contribution < 1.29 is 48.0 Å². The number of likely N-dealkylation sites (N-methyl/N-ethyl adjacent to an activating group) is 1. The number of amides is 5. The maximum absolute atomic E-state index is 13.4.